The first-order valence-corrected chi connectivity index (χ1v) is 8.38. The number of pyridine rings is 1. The van der Waals surface area contributed by atoms with Gasteiger partial charge in [-0.1, -0.05) is 12.1 Å². The average molecular weight is 337 g/mol. The number of imidazole rings is 1. The summed E-state index contributed by atoms with van der Waals surface area (Å²) in [5.41, 5.74) is 2.77. The Bertz CT molecular complexity index is 884. The van der Waals surface area contributed by atoms with E-state index in [1.165, 1.54) is 0 Å². The predicted molar refractivity (Wildman–Crippen MR) is 99.9 cm³/mol. The molecule has 0 atom stereocenters. The molecule has 1 N–H and O–H groups in total. The molecule has 2 heterocycles. The second-order valence-corrected chi connectivity index (χ2v) is 6.23. The summed E-state index contributed by atoms with van der Waals surface area (Å²) in [4.78, 5) is 23.0. The third kappa shape index (κ3) is 3.79. The molecule has 130 valence electrons. The molecule has 3 rings (SSSR count). The average Bonchev–Trinajstić information content (AvgIpc) is 2.95. The van der Waals surface area contributed by atoms with E-state index in [0.717, 1.165) is 35.5 Å². The van der Waals surface area contributed by atoms with Crippen molar-refractivity contribution in [2.75, 3.05) is 25.5 Å². The Morgan fingerprint density at radius 2 is 2.04 bits per heavy atom. The monoisotopic (exact) mass is 337 g/mol. The number of amides is 1. The maximum Gasteiger partial charge on any atom is 0.251 e. The van der Waals surface area contributed by atoms with Gasteiger partial charge in [0.05, 0.1) is 11.0 Å². The van der Waals surface area contributed by atoms with Crippen molar-refractivity contribution < 1.29 is 4.79 Å². The van der Waals surface area contributed by atoms with Gasteiger partial charge in [0.15, 0.2) is 0 Å². The minimum Gasteiger partial charge on any atom is -0.363 e. The van der Waals surface area contributed by atoms with E-state index in [1.54, 1.807) is 18.3 Å². The van der Waals surface area contributed by atoms with Crippen LogP contribution in [0.4, 0.5) is 5.82 Å². The van der Waals surface area contributed by atoms with Gasteiger partial charge in [-0.15, -0.1) is 0 Å². The van der Waals surface area contributed by atoms with E-state index in [4.69, 9.17) is 0 Å². The molecular weight excluding hydrogens is 314 g/mol. The topological polar surface area (TPSA) is 63.1 Å². The van der Waals surface area contributed by atoms with Crippen molar-refractivity contribution in [1.82, 2.24) is 19.9 Å². The molecule has 6 heteroatoms. The summed E-state index contributed by atoms with van der Waals surface area (Å²) < 4.78 is 2.11. The number of anilines is 1. The summed E-state index contributed by atoms with van der Waals surface area (Å²) >= 11 is 0. The molecular formula is C19H23N5O. The Kier molecular flexibility index (Phi) is 4.97. The van der Waals surface area contributed by atoms with Gasteiger partial charge in [0.1, 0.15) is 11.6 Å². The standard InChI is InChI=1S/C19H23N5O/c1-23(2)18-13-14(10-12-20-18)19(25)21-11-6-9-17-22-15-7-4-5-8-16(15)24(17)3/h4-5,7-8,10,12-13H,6,9,11H2,1-3H3,(H,21,25). The number of nitrogens with one attached hydrogen (secondary N) is 1. The molecule has 25 heavy (non-hydrogen) atoms. The zero-order valence-electron chi connectivity index (χ0n) is 14.9. The highest BCUT2D eigenvalue weighted by molar-refractivity contribution is 5.94. The van der Waals surface area contributed by atoms with Gasteiger partial charge < -0.3 is 14.8 Å². The number of hydrogen-bond acceptors (Lipinski definition) is 4. The molecule has 0 unspecified atom stereocenters. The van der Waals surface area contributed by atoms with Crippen molar-refractivity contribution in [3.8, 4) is 0 Å². The van der Waals surface area contributed by atoms with Crippen molar-refractivity contribution in [3.05, 3.63) is 54.0 Å². The fourth-order valence-corrected chi connectivity index (χ4v) is 2.77. The Balaban J connectivity index is 1.55. The summed E-state index contributed by atoms with van der Waals surface area (Å²) in [6.07, 6.45) is 3.32. The van der Waals surface area contributed by atoms with E-state index in [1.807, 2.05) is 44.2 Å². The largest absolute Gasteiger partial charge is 0.363 e. The van der Waals surface area contributed by atoms with Crippen LogP contribution >= 0.6 is 0 Å². The lowest BCUT2D eigenvalue weighted by molar-refractivity contribution is 0.0953. The molecule has 2 aromatic heterocycles. The summed E-state index contributed by atoms with van der Waals surface area (Å²) in [5, 5.41) is 2.97. The van der Waals surface area contributed by atoms with Gasteiger partial charge in [-0.2, -0.15) is 0 Å². The first-order valence-electron chi connectivity index (χ1n) is 8.38. The lowest BCUT2D eigenvalue weighted by atomic mass is 10.2. The normalized spacial score (nSPS) is 10.8. The third-order valence-electron chi connectivity index (χ3n) is 4.21. The van der Waals surface area contributed by atoms with Gasteiger partial charge in [-0.25, -0.2) is 9.97 Å². The van der Waals surface area contributed by atoms with Crippen LogP contribution in [0, 0.1) is 0 Å². The highest BCUT2D eigenvalue weighted by Crippen LogP contribution is 2.15. The second kappa shape index (κ2) is 7.34. The van der Waals surface area contributed by atoms with Gasteiger partial charge in [-0.3, -0.25) is 4.79 Å². The van der Waals surface area contributed by atoms with E-state index in [2.05, 4.69) is 25.9 Å². The number of aryl methyl sites for hydroxylation is 2. The van der Waals surface area contributed by atoms with E-state index >= 15 is 0 Å². The predicted octanol–water partition coefficient (Wildman–Crippen LogP) is 2.40. The van der Waals surface area contributed by atoms with E-state index < -0.39 is 0 Å². The zero-order valence-corrected chi connectivity index (χ0v) is 14.9. The van der Waals surface area contributed by atoms with Crippen LogP contribution < -0.4 is 10.2 Å². The molecule has 0 radical (unpaired) electrons. The molecule has 0 bridgehead atoms. The molecule has 1 aromatic carbocycles. The van der Waals surface area contributed by atoms with Gasteiger partial charge in [-0.05, 0) is 30.7 Å². The Morgan fingerprint density at radius 1 is 1.24 bits per heavy atom. The molecule has 0 aliphatic heterocycles. The van der Waals surface area contributed by atoms with Crippen molar-refractivity contribution in [2.45, 2.75) is 12.8 Å². The summed E-state index contributed by atoms with van der Waals surface area (Å²) in [5.74, 6) is 1.73. The van der Waals surface area contributed by atoms with Crippen molar-refractivity contribution in [3.63, 3.8) is 0 Å². The molecule has 0 saturated heterocycles. The fourth-order valence-electron chi connectivity index (χ4n) is 2.77. The van der Waals surface area contributed by atoms with Crippen LogP contribution in [0.1, 0.15) is 22.6 Å². The smallest absolute Gasteiger partial charge is 0.251 e. The zero-order chi connectivity index (χ0) is 17.8. The molecule has 6 nitrogen and oxygen atoms in total. The lowest BCUT2D eigenvalue weighted by Crippen LogP contribution is -2.25. The molecule has 0 spiro atoms. The van der Waals surface area contributed by atoms with Crippen LogP contribution in [0.25, 0.3) is 11.0 Å². The van der Waals surface area contributed by atoms with Gasteiger partial charge in [0, 0.05) is 45.9 Å². The number of fused-ring (bicyclic) bond motifs is 1. The SMILES string of the molecule is CN(C)c1cc(C(=O)NCCCc2nc3ccccc3n2C)ccn1. The highest BCUT2D eigenvalue weighted by Gasteiger charge is 2.09. The number of nitrogens with zero attached hydrogens (tertiary/aromatic N) is 4. The van der Waals surface area contributed by atoms with Crippen molar-refractivity contribution in [2.24, 2.45) is 7.05 Å². The third-order valence-corrected chi connectivity index (χ3v) is 4.21. The first-order chi connectivity index (χ1) is 12.1. The number of carbonyl (C=O) groups excluding carboxylic acids is 1. The van der Waals surface area contributed by atoms with Crippen LogP contribution in [0.15, 0.2) is 42.6 Å². The quantitative estimate of drug-likeness (QED) is 0.702. The summed E-state index contributed by atoms with van der Waals surface area (Å²) in [6, 6.07) is 11.6. The first kappa shape index (κ1) is 17.0. The van der Waals surface area contributed by atoms with E-state index in [-0.39, 0.29) is 5.91 Å². The molecule has 0 aliphatic carbocycles. The Hall–Kier alpha value is -2.89. The number of aromatic nitrogens is 3. The van der Waals surface area contributed by atoms with Crippen LogP contribution in [-0.4, -0.2) is 41.1 Å². The lowest BCUT2D eigenvalue weighted by Gasteiger charge is -2.12. The van der Waals surface area contributed by atoms with Crippen LogP contribution in [0.5, 0.6) is 0 Å². The van der Waals surface area contributed by atoms with Crippen LogP contribution in [0.3, 0.4) is 0 Å². The highest BCUT2D eigenvalue weighted by atomic mass is 16.1. The van der Waals surface area contributed by atoms with Crippen LogP contribution in [0.2, 0.25) is 0 Å². The fraction of sp³-hybridized carbons (Fsp3) is 0.316. The number of rotatable bonds is 6. The van der Waals surface area contributed by atoms with Gasteiger partial charge >= 0.3 is 0 Å². The minimum absolute atomic E-state index is 0.0736. The molecule has 1 amide bonds. The number of hydrogen-bond donors (Lipinski definition) is 1. The van der Waals surface area contributed by atoms with E-state index in [9.17, 15) is 4.79 Å². The summed E-state index contributed by atoms with van der Waals surface area (Å²) in [6.45, 7) is 0.613. The maximum atomic E-state index is 12.3. The van der Waals surface area contributed by atoms with Gasteiger partial charge in [0.2, 0.25) is 0 Å². The Morgan fingerprint density at radius 3 is 2.80 bits per heavy atom. The maximum absolute atomic E-state index is 12.3. The van der Waals surface area contributed by atoms with Crippen molar-refractivity contribution >= 4 is 22.8 Å². The van der Waals surface area contributed by atoms with Crippen LogP contribution in [-0.2, 0) is 13.5 Å². The number of benzene rings is 1. The second-order valence-electron chi connectivity index (χ2n) is 6.23. The van der Waals surface area contributed by atoms with E-state index in [0.29, 0.717) is 12.1 Å². The molecule has 0 aliphatic rings. The minimum atomic E-state index is -0.0736. The molecule has 0 fully saturated rings. The molecule has 0 saturated carbocycles. The number of para-hydroxylation sites is 2. The summed E-state index contributed by atoms with van der Waals surface area (Å²) in [7, 11) is 5.84. The van der Waals surface area contributed by atoms with Gasteiger partial charge in [0.25, 0.3) is 5.91 Å². The number of carbonyl (C=O) groups is 1. The molecule has 3 aromatic rings. The Labute approximate surface area is 147 Å². The van der Waals surface area contributed by atoms with Crippen molar-refractivity contribution in [1.29, 1.82) is 0 Å².